The van der Waals surface area contributed by atoms with E-state index in [1.165, 1.54) is 12.1 Å². The number of aromatic nitrogens is 3. The summed E-state index contributed by atoms with van der Waals surface area (Å²) in [6.07, 6.45) is 0. The number of carboxylic acid groups (broad SMARTS) is 1. The molecule has 0 saturated carbocycles. The number of nitrogens with one attached hydrogen (secondary N) is 1. The SMILES string of the molecule is Cc1nc(OCc2c(-c3c(Cl)cccc3Cl)n[nH]c2C(C)C)ccc1N(C)Oc1ccc(C(=O)O)cc1. The van der Waals surface area contributed by atoms with Crippen molar-refractivity contribution in [3.63, 3.8) is 0 Å². The minimum absolute atomic E-state index is 0.175. The van der Waals surface area contributed by atoms with Crippen molar-refractivity contribution in [3.05, 3.63) is 87.2 Å². The highest BCUT2D eigenvalue weighted by molar-refractivity contribution is 6.39. The summed E-state index contributed by atoms with van der Waals surface area (Å²) in [6.45, 7) is 6.20. The average molecular weight is 541 g/mol. The quantitative estimate of drug-likeness (QED) is 0.222. The van der Waals surface area contributed by atoms with Crippen LogP contribution in [0.1, 0.15) is 47.1 Å². The van der Waals surface area contributed by atoms with Crippen LogP contribution in [0.25, 0.3) is 11.3 Å². The molecule has 10 heteroatoms. The van der Waals surface area contributed by atoms with Crippen molar-refractivity contribution in [1.29, 1.82) is 0 Å². The Morgan fingerprint density at radius 1 is 1.08 bits per heavy atom. The zero-order chi connectivity index (χ0) is 26.7. The number of aromatic amines is 1. The van der Waals surface area contributed by atoms with Gasteiger partial charge in [0, 0.05) is 29.9 Å². The molecule has 0 fully saturated rings. The van der Waals surface area contributed by atoms with Crippen LogP contribution < -0.4 is 14.6 Å². The van der Waals surface area contributed by atoms with Gasteiger partial charge in [-0.2, -0.15) is 5.10 Å². The van der Waals surface area contributed by atoms with Crippen molar-refractivity contribution in [2.24, 2.45) is 0 Å². The third-order valence-electron chi connectivity index (χ3n) is 5.76. The minimum Gasteiger partial charge on any atom is -0.478 e. The van der Waals surface area contributed by atoms with Crippen LogP contribution in [0.2, 0.25) is 10.0 Å². The summed E-state index contributed by atoms with van der Waals surface area (Å²) in [7, 11) is 1.75. The van der Waals surface area contributed by atoms with E-state index in [0.717, 1.165) is 16.9 Å². The number of halogens is 2. The number of hydrogen-bond acceptors (Lipinski definition) is 6. The van der Waals surface area contributed by atoms with Crippen molar-refractivity contribution in [3.8, 4) is 22.9 Å². The first-order valence-electron chi connectivity index (χ1n) is 11.5. The summed E-state index contributed by atoms with van der Waals surface area (Å²) in [5.74, 6) is 0.119. The second-order valence-corrected chi connectivity index (χ2v) is 9.49. The first-order valence-corrected chi connectivity index (χ1v) is 12.3. The zero-order valence-corrected chi connectivity index (χ0v) is 22.3. The number of hydroxylamine groups is 1. The molecule has 37 heavy (non-hydrogen) atoms. The van der Waals surface area contributed by atoms with Crippen LogP contribution >= 0.6 is 23.2 Å². The smallest absolute Gasteiger partial charge is 0.335 e. The van der Waals surface area contributed by atoms with E-state index < -0.39 is 5.97 Å². The predicted octanol–water partition coefficient (Wildman–Crippen LogP) is 6.92. The fourth-order valence-corrected chi connectivity index (χ4v) is 4.47. The van der Waals surface area contributed by atoms with E-state index in [-0.39, 0.29) is 18.1 Å². The summed E-state index contributed by atoms with van der Waals surface area (Å²) < 4.78 is 6.08. The Balaban J connectivity index is 1.52. The minimum atomic E-state index is -0.992. The van der Waals surface area contributed by atoms with Crippen molar-refractivity contribution in [2.75, 3.05) is 12.1 Å². The zero-order valence-electron chi connectivity index (χ0n) is 20.8. The van der Waals surface area contributed by atoms with Crippen LogP contribution in [0.4, 0.5) is 5.69 Å². The van der Waals surface area contributed by atoms with E-state index in [0.29, 0.717) is 38.6 Å². The van der Waals surface area contributed by atoms with Crippen molar-refractivity contribution >= 4 is 34.9 Å². The number of carbonyl (C=O) groups is 1. The molecular weight excluding hydrogens is 515 g/mol. The van der Waals surface area contributed by atoms with Gasteiger partial charge in [0.1, 0.15) is 12.3 Å². The third-order valence-corrected chi connectivity index (χ3v) is 6.39. The Hall–Kier alpha value is -3.75. The molecule has 0 spiro atoms. The maximum atomic E-state index is 11.0. The number of benzene rings is 2. The molecule has 8 nitrogen and oxygen atoms in total. The molecule has 2 aromatic carbocycles. The molecule has 0 aliphatic rings. The Morgan fingerprint density at radius 3 is 2.35 bits per heavy atom. The van der Waals surface area contributed by atoms with E-state index in [2.05, 4.69) is 29.0 Å². The first-order chi connectivity index (χ1) is 17.7. The number of nitrogens with zero attached hydrogens (tertiary/aromatic N) is 3. The molecule has 0 aliphatic heterocycles. The van der Waals surface area contributed by atoms with Gasteiger partial charge in [-0.05, 0) is 55.3 Å². The van der Waals surface area contributed by atoms with Crippen LogP contribution in [0, 0.1) is 6.92 Å². The van der Waals surface area contributed by atoms with Crippen molar-refractivity contribution < 1.29 is 19.5 Å². The van der Waals surface area contributed by atoms with Gasteiger partial charge in [0.05, 0.1) is 27.0 Å². The highest BCUT2D eigenvalue weighted by atomic mass is 35.5. The molecule has 2 N–H and O–H groups in total. The normalized spacial score (nSPS) is 11.0. The summed E-state index contributed by atoms with van der Waals surface area (Å²) in [5, 5.41) is 19.2. The highest BCUT2D eigenvalue weighted by Crippen LogP contribution is 2.38. The molecule has 0 radical (unpaired) electrons. The molecule has 0 amide bonds. The number of pyridine rings is 1. The molecule has 2 aromatic heterocycles. The van der Waals surface area contributed by atoms with E-state index in [1.54, 1.807) is 48.5 Å². The van der Waals surface area contributed by atoms with Crippen LogP contribution in [-0.4, -0.2) is 33.3 Å². The number of H-pyrrole nitrogens is 1. The number of anilines is 1. The number of aromatic carboxylic acids is 1. The van der Waals surface area contributed by atoms with Crippen molar-refractivity contribution in [1.82, 2.24) is 15.2 Å². The summed E-state index contributed by atoms with van der Waals surface area (Å²) in [4.78, 5) is 21.5. The second-order valence-electron chi connectivity index (χ2n) is 8.68. The molecule has 0 atom stereocenters. The molecule has 0 aliphatic carbocycles. The van der Waals surface area contributed by atoms with Gasteiger partial charge in [-0.1, -0.05) is 43.1 Å². The number of ether oxygens (including phenoxy) is 1. The Kier molecular flexibility index (Phi) is 7.90. The molecule has 0 saturated heterocycles. The second kappa shape index (κ2) is 11.1. The molecule has 4 rings (SSSR count). The lowest BCUT2D eigenvalue weighted by Gasteiger charge is -2.21. The number of hydrogen-bond donors (Lipinski definition) is 2. The van der Waals surface area contributed by atoms with Gasteiger partial charge in [-0.25, -0.2) is 14.8 Å². The van der Waals surface area contributed by atoms with Gasteiger partial charge in [0.25, 0.3) is 0 Å². The van der Waals surface area contributed by atoms with Crippen LogP contribution in [0.3, 0.4) is 0 Å². The average Bonchev–Trinajstić information content (AvgIpc) is 3.26. The highest BCUT2D eigenvalue weighted by Gasteiger charge is 2.22. The Morgan fingerprint density at radius 2 is 1.76 bits per heavy atom. The van der Waals surface area contributed by atoms with E-state index in [1.807, 2.05) is 13.0 Å². The van der Waals surface area contributed by atoms with E-state index >= 15 is 0 Å². The first kappa shape index (κ1) is 26.3. The lowest BCUT2D eigenvalue weighted by molar-refractivity contribution is 0.0697. The summed E-state index contributed by atoms with van der Waals surface area (Å²) >= 11 is 12.9. The van der Waals surface area contributed by atoms with Gasteiger partial charge >= 0.3 is 5.97 Å². The molecule has 4 aromatic rings. The fraction of sp³-hybridized carbons (Fsp3) is 0.222. The van der Waals surface area contributed by atoms with Crippen LogP contribution in [0.5, 0.6) is 11.6 Å². The van der Waals surface area contributed by atoms with E-state index in [9.17, 15) is 4.79 Å². The summed E-state index contributed by atoms with van der Waals surface area (Å²) in [6, 6.07) is 15.1. The largest absolute Gasteiger partial charge is 0.478 e. The Bertz CT molecular complexity index is 1400. The van der Waals surface area contributed by atoms with E-state index in [4.69, 9.17) is 37.9 Å². The molecule has 0 unspecified atom stereocenters. The third kappa shape index (κ3) is 5.81. The van der Waals surface area contributed by atoms with Crippen LogP contribution in [-0.2, 0) is 6.61 Å². The van der Waals surface area contributed by atoms with Gasteiger partial charge in [-0.3, -0.25) is 5.10 Å². The standard InChI is InChI=1S/C27H26Cl2N4O4/c1-15(2)25-19(26(32-31-25)24-20(28)6-5-7-21(24)29)14-36-23-13-12-22(16(3)30-23)33(4)37-18-10-8-17(9-11-18)27(34)35/h5-13,15H,14H2,1-4H3,(H,31,32)(H,34,35). The number of aryl methyl sites for hydroxylation is 1. The van der Waals surface area contributed by atoms with Crippen LogP contribution in [0.15, 0.2) is 54.6 Å². The number of rotatable bonds is 9. The lowest BCUT2D eigenvalue weighted by Crippen LogP contribution is -2.23. The molecular formula is C27H26Cl2N4O4. The summed E-state index contributed by atoms with van der Waals surface area (Å²) in [5.41, 5.74) is 4.70. The van der Waals surface area contributed by atoms with Gasteiger partial charge in [0.2, 0.25) is 5.88 Å². The molecule has 192 valence electrons. The maximum Gasteiger partial charge on any atom is 0.335 e. The van der Waals surface area contributed by atoms with Crippen molar-refractivity contribution in [2.45, 2.75) is 33.3 Å². The van der Waals surface area contributed by atoms with Gasteiger partial charge < -0.3 is 14.7 Å². The van der Waals surface area contributed by atoms with Gasteiger partial charge in [0.15, 0.2) is 5.75 Å². The maximum absolute atomic E-state index is 11.0. The van der Waals surface area contributed by atoms with Gasteiger partial charge in [-0.15, -0.1) is 0 Å². The molecule has 0 bridgehead atoms. The monoisotopic (exact) mass is 540 g/mol. The topological polar surface area (TPSA) is 101 Å². The Labute approximate surface area is 224 Å². The lowest BCUT2D eigenvalue weighted by atomic mass is 10.0. The fourth-order valence-electron chi connectivity index (χ4n) is 3.89. The molecule has 2 heterocycles. The predicted molar refractivity (Wildman–Crippen MR) is 144 cm³/mol. The number of carboxylic acids is 1.